The van der Waals surface area contributed by atoms with Crippen LogP contribution in [-0.2, 0) is 13.0 Å². The maximum atomic E-state index is 12.9. The molecule has 1 aliphatic heterocycles. The molecule has 5 heteroatoms. The Morgan fingerprint density at radius 1 is 1.17 bits per heavy atom. The van der Waals surface area contributed by atoms with Crippen molar-refractivity contribution in [3.05, 3.63) is 47.5 Å². The highest BCUT2D eigenvalue weighted by Gasteiger charge is 2.23. The number of aromatic nitrogens is 3. The van der Waals surface area contributed by atoms with E-state index in [1.54, 1.807) is 12.1 Å². The quantitative estimate of drug-likeness (QED) is 0.804. The first-order valence-electron chi connectivity index (χ1n) is 9.01. The second-order valence-corrected chi connectivity index (χ2v) is 7.00. The van der Waals surface area contributed by atoms with Crippen LogP contribution in [0.2, 0.25) is 0 Å². The molecule has 0 saturated carbocycles. The van der Waals surface area contributed by atoms with E-state index in [1.807, 2.05) is 10.9 Å². The molecule has 1 aliphatic rings. The van der Waals surface area contributed by atoms with Gasteiger partial charge < -0.3 is 0 Å². The van der Waals surface area contributed by atoms with Crippen molar-refractivity contribution in [1.82, 2.24) is 19.9 Å². The maximum Gasteiger partial charge on any atom is 0.123 e. The molecule has 132 valence electrons. The Bertz CT molecular complexity index is 633. The average molecular weight is 332 g/mol. The summed E-state index contributed by atoms with van der Waals surface area (Å²) in [6.45, 7) is 6.45. The highest BCUT2D eigenvalue weighted by molar-refractivity contribution is 5.16. The third-order valence-electron chi connectivity index (χ3n) is 5.07. The van der Waals surface area contributed by atoms with E-state index in [4.69, 9.17) is 0 Å². The molecule has 1 aromatic heterocycles. The van der Waals surface area contributed by atoms with E-state index in [0.29, 0.717) is 18.6 Å². The summed E-state index contributed by atoms with van der Waals surface area (Å²) in [5, 5.41) is 8.46. The minimum absolute atomic E-state index is 0. The molecule has 0 aliphatic carbocycles. The molecule has 0 N–H and O–H groups in total. The summed E-state index contributed by atoms with van der Waals surface area (Å²) >= 11 is 0. The molecule has 4 nitrogen and oxygen atoms in total. The Morgan fingerprint density at radius 2 is 1.88 bits per heavy atom. The second kappa shape index (κ2) is 7.88. The van der Waals surface area contributed by atoms with Gasteiger partial charge in [0, 0.05) is 19.7 Å². The molecule has 2 heterocycles. The van der Waals surface area contributed by atoms with Crippen molar-refractivity contribution >= 4 is 0 Å². The predicted molar refractivity (Wildman–Crippen MR) is 95.4 cm³/mol. The number of hydrogen-bond donors (Lipinski definition) is 0. The highest BCUT2D eigenvalue weighted by Crippen LogP contribution is 2.22. The van der Waals surface area contributed by atoms with Crippen molar-refractivity contribution in [3.63, 3.8) is 0 Å². The third kappa shape index (κ3) is 4.41. The molecule has 3 rings (SSSR count). The molecule has 1 fully saturated rings. The van der Waals surface area contributed by atoms with Crippen molar-refractivity contribution < 1.29 is 5.82 Å². The first-order valence-corrected chi connectivity index (χ1v) is 9.01. The van der Waals surface area contributed by atoms with Gasteiger partial charge in [-0.25, -0.2) is 9.07 Å². The summed E-state index contributed by atoms with van der Waals surface area (Å²) in [4.78, 5) is 2.63. The zero-order chi connectivity index (χ0) is 16.9. The topological polar surface area (TPSA) is 34.0 Å². The van der Waals surface area contributed by atoms with Gasteiger partial charge in [0.2, 0.25) is 0 Å². The Hall–Kier alpha value is -1.75. The number of benzene rings is 1. The normalized spacial score (nSPS) is 22.0. The second-order valence-electron chi connectivity index (χ2n) is 7.00. The summed E-state index contributed by atoms with van der Waals surface area (Å²) in [5.74, 6) is -0.209. The highest BCUT2D eigenvalue weighted by atomic mass is 19.1. The standard InChI is InChI=1S/C19H27FN4.H2/c1-15-5-3-6-16(2)24(15)12-4-7-19-14-23(22-21-19)13-17-8-10-18(20)11-9-17;/h8-11,14-16H,3-7,12-13H2,1-2H3;1H/t15-,16+;. The predicted octanol–water partition coefficient (Wildman–Crippen LogP) is 3.91. The van der Waals surface area contributed by atoms with Crippen LogP contribution in [0.3, 0.4) is 0 Å². The van der Waals surface area contributed by atoms with Gasteiger partial charge in [-0.15, -0.1) is 5.10 Å². The van der Waals surface area contributed by atoms with Gasteiger partial charge in [-0.1, -0.05) is 23.8 Å². The van der Waals surface area contributed by atoms with Crippen molar-refractivity contribution in [2.45, 2.75) is 64.6 Å². The number of rotatable bonds is 6. The van der Waals surface area contributed by atoms with Crippen molar-refractivity contribution in [3.8, 4) is 0 Å². The van der Waals surface area contributed by atoms with E-state index in [0.717, 1.165) is 30.6 Å². The van der Waals surface area contributed by atoms with Crippen LogP contribution in [-0.4, -0.2) is 38.5 Å². The van der Waals surface area contributed by atoms with Crippen LogP contribution in [0.15, 0.2) is 30.5 Å². The average Bonchev–Trinajstić information content (AvgIpc) is 3.00. The third-order valence-corrected chi connectivity index (χ3v) is 5.07. The van der Waals surface area contributed by atoms with Crippen molar-refractivity contribution in [1.29, 1.82) is 0 Å². The molecule has 0 bridgehead atoms. The molecule has 24 heavy (non-hydrogen) atoms. The Kier molecular flexibility index (Phi) is 5.61. The van der Waals surface area contributed by atoms with Gasteiger partial charge in [0.15, 0.2) is 0 Å². The lowest BCUT2D eigenvalue weighted by Crippen LogP contribution is -2.44. The Morgan fingerprint density at radius 3 is 2.58 bits per heavy atom. The van der Waals surface area contributed by atoms with Crippen LogP contribution in [0.4, 0.5) is 4.39 Å². The number of hydrogen-bond acceptors (Lipinski definition) is 3. The SMILES string of the molecule is C[C@@H]1CCC[C@H](C)N1CCCc1cn(Cc2ccc(F)cc2)nn1.[HH]. The largest absolute Gasteiger partial charge is 0.298 e. The fourth-order valence-electron chi connectivity index (χ4n) is 3.67. The van der Waals surface area contributed by atoms with Gasteiger partial charge in [-0.05, 0) is 63.8 Å². The lowest BCUT2D eigenvalue weighted by molar-refractivity contribution is 0.102. The van der Waals surface area contributed by atoms with E-state index in [-0.39, 0.29) is 7.24 Å². The van der Waals surface area contributed by atoms with E-state index in [9.17, 15) is 4.39 Å². The Balaban J connectivity index is 0.00000225. The fraction of sp³-hybridized carbons (Fsp3) is 0.579. The van der Waals surface area contributed by atoms with Gasteiger partial charge in [-0.2, -0.15) is 0 Å². The smallest absolute Gasteiger partial charge is 0.123 e. The molecule has 0 unspecified atom stereocenters. The minimum Gasteiger partial charge on any atom is -0.298 e. The number of nitrogens with zero attached hydrogens (tertiary/aromatic N) is 4. The van der Waals surface area contributed by atoms with E-state index >= 15 is 0 Å². The Labute approximate surface area is 145 Å². The molecule has 2 aromatic rings. The summed E-state index contributed by atoms with van der Waals surface area (Å²) in [6, 6.07) is 7.93. The van der Waals surface area contributed by atoms with Crippen LogP contribution in [0.1, 0.15) is 52.2 Å². The van der Waals surface area contributed by atoms with Gasteiger partial charge in [-0.3, -0.25) is 4.90 Å². The van der Waals surface area contributed by atoms with Crippen molar-refractivity contribution in [2.75, 3.05) is 6.54 Å². The first-order chi connectivity index (χ1) is 11.6. The number of halogens is 1. The van der Waals surface area contributed by atoms with Gasteiger partial charge in [0.25, 0.3) is 0 Å². The lowest BCUT2D eigenvalue weighted by atomic mass is 9.97. The van der Waals surface area contributed by atoms with E-state index < -0.39 is 0 Å². The molecule has 1 aromatic carbocycles. The summed E-state index contributed by atoms with van der Waals surface area (Å²) < 4.78 is 14.8. The zero-order valence-corrected chi connectivity index (χ0v) is 14.7. The summed E-state index contributed by atoms with van der Waals surface area (Å²) in [6.07, 6.45) is 8.07. The zero-order valence-electron chi connectivity index (χ0n) is 14.7. The first kappa shape index (κ1) is 17.1. The molecular formula is C19H29FN4. The van der Waals surface area contributed by atoms with Gasteiger partial charge >= 0.3 is 0 Å². The number of likely N-dealkylation sites (tertiary alicyclic amines) is 1. The maximum absolute atomic E-state index is 12.9. The van der Waals surface area contributed by atoms with Crippen LogP contribution >= 0.6 is 0 Å². The molecule has 0 radical (unpaired) electrons. The monoisotopic (exact) mass is 332 g/mol. The van der Waals surface area contributed by atoms with Gasteiger partial charge in [0.1, 0.15) is 5.82 Å². The van der Waals surface area contributed by atoms with Crippen molar-refractivity contribution in [2.24, 2.45) is 0 Å². The van der Waals surface area contributed by atoms with Crippen LogP contribution < -0.4 is 0 Å². The molecular weight excluding hydrogens is 303 g/mol. The van der Waals surface area contributed by atoms with E-state index in [2.05, 4.69) is 29.1 Å². The number of aryl methyl sites for hydroxylation is 1. The van der Waals surface area contributed by atoms with Gasteiger partial charge in [0.05, 0.1) is 12.2 Å². The molecule has 0 spiro atoms. The van der Waals surface area contributed by atoms with Crippen LogP contribution in [0.25, 0.3) is 0 Å². The van der Waals surface area contributed by atoms with Crippen LogP contribution in [0, 0.1) is 5.82 Å². The minimum atomic E-state index is -0.209. The molecule has 0 amide bonds. The summed E-state index contributed by atoms with van der Waals surface area (Å²) in [7, 11) is 0. The fourth-order valence-corrected chi connectivity index (χ4v) is 3.67. The summed E-state index contributed by atoms with van der Waals surface area (Å²) in [5.41, 5.74) is 2.07. The molecule has 2 atom stereocenters. The number of piperidine rings is 1. The molecule has 1 saturated heterocycles. The van der Waals surface area contributed by atoms with E-state index in [1.165, 1.54) is 31.4 Å². The lowest BCUT2D eigenvalue weighted by Gasteiger charge is -2.39. The van der Waals surface area contributed by atoms with Crippen LogP contribution in [0.5, 0.6) is 0 Å².